The molecule has 0 unspecified atom stereocenters. The van der Waals surface area contributed by atoms with E-state index in [4.69, 9.17) is 9.47 Å². The van der Waals surface area contributed by atoms with Gasteiger partial charge in [0.05, 0.1) is 39.5 Å². The maximum Gasteiger partial charge on any atom is 0.273 e. The number of methoxy groups -OCH3 is 2. The Kier molecular flexibility index (Phi) is 5.62. The van der Waals surface area contributed by atoms with Crippen molar-refractivity contribution in [2.24, 2.45) is 0 Å². The zero-order chi connectivity index (χ0) is 21.2. The number of pyridine rings is 1. The molecule has 2 aromatic heterocycles. The summed E-state index contributed by atoms with van der Waals surface area (Å²) in [5, 5.41) is 9.90. The van der Waals surface area contributed by atoms with E-state index in [0.717, 1.165) is 4.90 Å². The first-order valence-corrected chi connectivity index (χ1v) is 8.68. The predicted octanol–water partition coefficient (Wildman–Crippen LogP) is 0.600. The lowest BCUT2D eigenvalue weighted by atomic mass is 10.1. The largest absolute Gasteiger partial charge is 0.481 e. The van der Waals surface area contributed by atoms with Gasteiger partial charge in [-0.15, -0.1) is 5.10 Å². The molecule has 1 saturated heterocycles. The molecular weight excluding hydrogens is 390 g/mol. The number of nitrogens with one attached hydrogen (secondary N) is 1. The lowest BCUT2D eigenvalue weighted by molar-refractivity contribution is 0.0117. The Morgan fingerprint density at radius 3 is 2.72 bits per heavy atom. The van der Waals surface area contributed by atoms with E-state index in [9.17, 15) is 18.4 Å². The number of aromatic nitrogens is 4. The Morgan fingerprint density at radius 1 is 1.31 bits per heavy atom. The maximum absolute atomic E-state index is 14.1. The Labute approximate surface area is 164 Å². The topological polar surface area (TPSA) is 111 Å². The van der Waals surface area contributed by atoms with Gasteiger partial charge in [-0.05, 0) is 6.07 Å². The normalized spacial score (nSPS) is 17.8. The summed E-state index contributed by atoms with van der Waals surface area (Å²) < 4.78 is 39.7. The highest BCUT2D eigenvalue weighted by Crippen LogP contribution is 2.35. The number of carbonyl (C=O) groups is 2. The van der Waals surface area contributed by atoms with E-state index in [1.165, 1.54) is 44.3 Å². The smallest absolute Gasteiger partial charge is 0.273 e. The summed E-state index contributed by atoms with van der Waals surface area (Å²) in [5.74, 6) is -3.95. The Morgan fingerprint density at radius 2 is 2.07 bits per heavy atom. The fraction of sp³-hybridized carbons (Fsp3) is 0.471. The second kappa shape index (κ2) is 7.97. The van der Waals surface area contributed by atoms with Gasteiger partial charge < -0.3 is 19.7 Å². The lowest BCUT2D eigenvalue weighted by Gasteiger charge is -2.24. The molecule has 156 valence electrons. The fourth-order valence-corrected chi connectivity index (χ4v) is 3.14. The number of hydrogen-bond acceptors (Lipinski definition) is 7. The average molecular weight is 410 g/mol. The molecule has 0 bridgehead atoms. The van der Waals surface area contributed by atoms with Crippen molar-refractivity contribution in [3.05, 3.63) is 29.6 Å². The van der Waals surface area contributed by atoms with Gasteiger partial charge in [0.25, 0.3) is 17.7 Å². The minimum Gasteiger partial charge on any atom is -0.481 e. The highest BCUT2D eigenvalue weighted by atomic mass is 19.3. The van der Waals surface area contributed by atoms with Crippen molar-refractivity contribution in [3.63, 3.8) is 0 Å². The van der Waals surface area contributed by atoms with Crippen molar-refractivity contribution in [1.82, 2.24) is 30.2 Å². The van der Waals surface area contributed by atoms with Crippen molar-refractivity contribution < 1.29 is 27.8 Å². The van der Waals surface area contributed by atoms with Gasteiger partial charge in [0, 0.05) is 19.5 Å². The minimum atomic E-state index is -3.06. The van der Waals surface area contributed by atoms with E-state index in [2.05, 4.69) is 20.6 Å². The monoisotopic (exact) mass is 410 g/mol. The molecule has 1 fully saturated rings. The molecule has 0 radical (unpaired) electrons. The summed E-state index contributed by atoms with van der Waals surface area (Å²) in [7, 11) is 4.17. The van der Waals surface area contributed by atoms with Gasteiger partial charge in [-0.2, -0.15) is 4.98 Å². The molecule has 1 aliphatic rings. The molecule has 3 rings (SSSR count). The number of amides is 2. The van der Waals surface area contributed by atoms with Gasteiger partial charge >= 0.3 is 0 Å². The number of carbonyl (C=O) groups excluding carboxylic acids is 2. The maximum atomic E-state index is 14.1. The van der Waals surface area contributed by atoms with Crippen LogP contribution in [0.5, 0.6) is 11.8 Å². The summed E-state index contributed by atoms with van der Waals surface area (Å²) in [6.45, 7) is -0.792. The van der Waals surface area contributed by atoms with Crippen LogP contribution in [0.1, 0.15) is 27.3 Å². The third-order valence-corrected chi connectivity index (χ3v) is 4.50. The van der Waals surface area contributed by atoms with Crippen molar-refractivity contribution in [1.29, 1.82) is 0 Å². The Bertz CT molecular complexity index is 919. The summed E-state index contributed by atoms with van der Waals surface area (Å²) >= 11 is 0. The number of nitrogens with zero attached hydrogens (tertiary/aromatic N) is 5. The Hall–Kier alpha value is -3.31. The van der Waals surface area contributed by atoms with E-state index in [-0.39, 0.29) is 29.6 Å². The first-order valence-electron chi connectivity index (χ1n) is 8.68. The number of rotatable bonds is 6. The van der Waals surface area contributed by atoms with Gasteiger partial charge in [0.15, 0.2) is 5.69 Å². The predicted molar refractivity (Wildman–Crippen MR) is 95.1 cm³/mol. The first kappa shape index (κ1) is 20.4. The van der Waals surface area contributed by atoms with Gasteiger partial charge in [-0.25, -0.2) is 13.5 Å². The van der Waals surface area contributed by atoms with Crippen LogP contribution in [0.2, 0.25) is 0 Å². The van der Waals surface area contributed by atoms with Crippen LogP contribution in [0.3, 0.4) is 0 Å². The van der Waals surface area contributed by atoms with Gasteiger partial charge in [-0.1, -0.05) is 5.21 Å². The van der Waals surface area contributed by atoms with Crippen LogP contribution in [0, 0.1) is 0 Å². The molecular formula is C17H20F2N6O4. The van der Waals surface area contributed by atoms with Gasteiger partial charge in [0.2, 0.25) is 11.8 Å². The number of ether oxygens (including phenoxy) is 2. The van der Waals surface area contributed by atoms with Crippen molar-refractivity contribution in [2.45, 2.75) is 24.9 Å². The number of halogens is 2. The zero-order valence-corrected chi connectivity index (χ0v) is 16.1. The summed E-state index contributed by atoms with van der Waals surface area (Å²) in [4.78, 5) is 29.7. The molecule has 29 heavy (non-hydrogen) atoms. The van der Waals surface area contributed by atoms with Gasteiger partial charge in [0.1, 0.15) is 5.56 Å². The molecule has 10 nitrogen and oxygen atoms in total. The van der Waals surface area contributed by atoms with E-state index < -0.39 is 36.7 Å². The van der Waals surface area contributed by atoms with Crippen LogP contribution in [0.15, 0.2) is 18.3 Å². The molecule has 1 aliphatic heterocycles. The Balaban J connectivity index is 1.85. The molecule has 0 aliphatic carbocycles. The quantitative estimate of drug-likeness (QED) is 0.742. The SMILES string of the molecule is CNC(=O)c1cn(C[C@@H]2CC(F)(F)CN2C(=O)c2ccc(OC)nc2OC)nn1. The van der Waals surface area contributed by atoms with Crippen LogP contribution < -0.4 is 14.8 Å². The molecule has 12 heteroatoms. The summed E-state index contributed by atoms with van der Waals surface area (Å²) in [6, 6.07) is 2.01. The average Bonchev–Trinajstić information content (AvgIpc) is 3.30. The summed E-state index contributed by atoms with van der Waals surface area (Å²) in [5.41, 5.74) is 0.0943. The van der Waals surface area contributed by atoms with Crippen LogP contribution in [-0.2, 0) is 6.54 Å². The molecule has 2 amide bonds. The first-order chi connectivity index (χ1) is 13.8. The van der Waals surface area contributed by atoms with Crippen molar-refractivity contribution >= 4 is 11.8 Å². The number of hydrogen-bond donors (Lipinski definition) is 1. The summed E-state index contributed by atoms with van der Waals surface area (Å²) in [6.07, 6.45) is 0.799. The van der Waals surface area contributed by atoms with E-state index in [1.54, 1.807) is 0 Å². The molecule has 2 aromatic rings. The van der Waals surface area contributed by atoms with Crippen LogP contribution in [-0.4, -0.2) is 76.5 Å². The standard InChI is InChI=1S/C17H20F2N6O4/c1-20-14(26)12-8-24(23-22-12)7-10-6-17(18,19)9-25(10)16(27)11-4-5-13(28-2)21-15(11)29-3/h4-5,8,10H,6-7,9H2,1-3H3,(H,20,26)/t10-/m0/s1. The zero-order valence-electron chi connectivity index (χ0n) is 16.1. The third-order valence-electron chi connectivity index (χ3n) is 4.50. The number of alkyl halides is 2. The van der Waals surface area contributed by atoms with E-state index >= 15 is 0 Å². The minimum absolute atomic E-state index is 0.0222. The molecule has 1 N–H and O–H groups in total. The van der Waals surface area contributed by atoms with E-state index in [1.807, 2.05) is 0 Å². The van der Waals surface area contributed by atoms with Crippen LogP contribution in [0.4, 0.5) is 8.78 Å². The second-order valence-corrected chi connectivity index (χ2v) is 6.46. The molecule has 1 atom stereocenters. The van der Waals surface area contributed by atoms with Gasteiger partial charge in [-0.3, -0.25) is 9.59 Å². The molecule has 0 spiro atoms. The molecule has 3 heterocycles. The highest BCUT2D eigenvalue weighted by Gasteiger charge is 2.47. The number of likely N-dealkylation sites (tertiary alicyclic amines) is 1. The van der Waals surface area contributed by atoms with Crippen molar-refractivity contribution in [2.75, 3.05) is 27.8 Å². The second-order valence-electron chi connectivity index (χ2n) is 6.46. The molecule has 0 aromatic carbocycles. The third kappa shape index (κ3) is 4.25. The molecule has 0 saturated carbocycles. The van der Waals surface area contributed by atoms with Crippen LogP contribution in [0.25, 0.3) is 0 Å². The lowest BCUT2D eigenvalue weighted by Crippen LogP contribution is -2.39. The highest BCUT2D eigenvalue weighted by molar-refractivity contribution is 5.97. The van der Waals surface area contributed by atoms with E-state index in [0.29, 0.717) is 0 Å². The van der Waals surface area contributed by atoms with Crippen molar-refractivity contribution in [3.8, 4) is 11.8 Å². The van der Waals surface area contributed by atoms with Crippen LogP contribution >= 0.6 is 0 Å². The fourth-order valence-electron chi connectivity index (χ4n) is 3.14.